The van der Waals surface area contributed by atoms with Crippen LogP contribution in [0.1, 0.15) is 55.2 Å². The first kappa shape index (κ1) is 19.0. The second kappa shape index (κ2) is 7.59. The maximum Gasteiger partial charge on any atom is 0.320 e. The Balaban J connectivity index is 1.60. The molecule has 4 nitrogen and oxygen atoms in total. The smallest absolute Gasteiger partial charge is 0.320 e. The van der Waals surface area contributed by atoms with Gasteiger partial charge in [-0.1, -0.05) is 55.0 Å². The zero-order chi connectivity index (χ0) is 19.7. The van der Waals surface area contributed by atoms with Crippen LogP contribution in [0.4, 0.5) is 0 Å². The summed E-state index contributed by atoms with van der Waals surface area (Å²) in [4.78, 5) is 13.7. The molecule has 0 aromatic heterocycles. The first-order valence-electron chi connectivity index (χ1n) is 10.3. The molecule has 1 fully saturated rings. The summed E-state index contributed by atoms with van der Waals surface area (Å²) in [5.74, 6) is 0.586. The number of benzene rings is 2. The van der Waals surface area contributed by atoms with E-state index in [1.54, 1.807) is 0 Å². The molecule has 4 rings (SSSR count). The maximum atomic E-state index is 11.6. The Bertz CT molecular complexity index is 837. The molecule has 1 spiro atoms. The minimum Gasteiger partial charge on any atom is -0.487 e. The summed E-state index contributed by atoms with van der Waals surface area (Å²) in [6.07, 6.45) is 3.32. The number of rotatable bonds is 4. The molecule has 148 valence electrons. The zero-order valence-corrected chi connectivity index (χ0v) is 16.7. The number of carbonyl (C=O) groups is 1. The number of hydrogen-bond donors (Lipinski definition) is 1. The van der Waals surface area contributed by atoms with Gasteiger partial charge >= 0.3 is 5.97 Å². The molecule has 2 atom stereocenters. The molecule has 0 amide bonds. The standard InChI is InChI=1S/C24H29NO3/c1-3-21(23(26)27)25-14-12-24(13-15-25)16-20(18-10-8-17(2)9-11-18)19-6-4-5-7-22(19)28-24/h4-11,20-21H,3,12-16H2,1-2H3,(H,26,27). The lowest BCUT2D eigenvalue weighted by molar-refractivity contribution is -0.145. The highest BCUT2D eigenvalue weighted by Crippen LogP contribution is 2.48. The predicted molar refractivity (Wildman–Crippen MR) is 110 cm³/mol. The van der Waals surface area contributed by atoms with E-state index in [0.717, 1.165) is 38.1 Å². The van der Waals surface area contributed by atoms with E-state index in [9.17, 15) is 9.90 Å². The van der Waals surface area contributed by atoms with Crippen LogP contribution in [-0.4, -0.2) is 40.7 Å². The molecule has 0 bridgehead atoms. The van der Waals surface area contributed by atoms with Gasteiger partial charge in [0, 0.05) is 24.6 Å². The highest BCUT2D eigenvalue weighted by atomic mass is 16.5. The van der Waals surface area contributed by atoms with Crippen molar-refractivity contribution in [3.8, 4) is 5.75 Å². The number of hydrogen-bond acceptors (Lipinski definition) is 3. The number of aliphatic carboxylic acids is 1. The number of nitrogens with zero attached hydrogens (tertiary/aromatic N) is 1. The molecule has 1 saturated heterocycles. The molecule has 4 heteroatoms. The largest absolute Gasteiger partial charge is 0.487 e. The molecule has 1 N–H and O–H groups in total. The molecule has 2 aliphatic heterocycles. The van der Waals surface area contributed by atoms with Crippen molar-refractivity contribution in [1.82, 2.24) is 4.90 Å². The Labute approximate surface area is 167 Å². The predicted octanol–water partition coefficient (Wildman–Crippen LogP) is 4.61. The number of likely N-dealkylation sites (tertiary alicyclic amines) is 1. The van der Waals surface area contributed by atoms with E-state index >= 15 is 0 Å². The van der Waals surface area contributed by atoms with Gasteiger partial charge in [0.1, 0.15) is 17.4 Å². The van der Waals surface area contributed by atoms with Crippen LogP contribution in [-0.2, 0) is 4.79 Å². The molecule has 2 aromatic carbocycles. The monoisotopic (exact) mass is 379 g/mol. The van der Waals surface area contributed by atoms with E-state index in [2.05, 4.69) is 54.3 Å². The van der Waals surface area contributed by atoms with Gasteiger partial charge in [-0.25, -0.2) is 0 Å². The average Bonchev–Trinajstić information content (AvgIpc) is 2.70. The number of para-hydroxylation sites is 1. The van der Waals surface area contributed by atoms with Crippen LogP contribution in [0.25, 0.3) is 0 Å². The summed E-state index contributed by atoms with van der Waals surface area (Å²) in [6.45, 7) is 5.61. The van der Waals surface area contributed by atoms with Crippen LogP contribution in [0.2, 0.25) is 0 Å². The quantitative estimate of drug-likeness (QED) is 0.843. The van der Waals surface area contributed by atoms with Crippen LogP contribution in [0, 0.1) is 6.92 Å². The molecule has 0 aliphatic carbocycles. The highest BCUT2D eigenvalue weighted by molar-refractivity contribution is 5.73. The normalized spacial score (nSPS) is 22.3. The summed E-state index contributed by atoms with van der Waals surface area (Å²) in [5, 5.41) is 9.50. The SMILES string of the molecule is CCC(C(=O)O)N1CCC2(CC1)CC(c1ccc(C)cc1)c1ccccc1O2. The molecular weight excluding hydrogens is 350 g/mol. The van der Waals surface area contributed by atoms with Crippen molar-refractivity contribution >= 4 is 5.97 Å². The summed E-state index contributed by atoms with van der Waals surface area (Å²) in [7, 11) is 0. The Hall–Kier alpha value is -2.33. The molecule has 0 radical (unpaired) electrons. The second-order valence-electron chi connectivity index (χ2n) is 8.29. The van der Waals surface area contributed by atoms with Gasteiger partial charge in [-0.15, -0.1) is 0 Å². The van der Waals surface area contributed by atoms with E-state index in [4.69, 9.17) is 4.74 Å². The lowest BCUT2D eigenvalue weighted by Gasteiger charge is -2.48. The number of carboxylic acid groups (broad SMARTS) is 1. The van der Waals surface area contributed by atoms with Gasteiger partial charge in [0.2, 0.25) is 0 Å². The Morgan fingerprint density at radius 1 is 1.18 bits per heavy atom. The van der Waals surface area contributed by atoms with E-state index < -0.39 is 5.97 Å². The van der Waals surface area contributed by atoms with Gasteiger partial charge in [0.05, 0.1) is 0 Å². The second-order valence-corrected chi connectivity index (χ2v) is 8.29. The highest BCUT2D eigenvalue weighted by Gasteiger charge is 2.44. The first-order chi connectivity index (χ1) is 13.5. The molecule has 2 heterocycles. The van der Waals surface area contributed by atoms with Crippen LogP contribution in [0.5, 0.6) is 5.75 Å². The van der Waals surface area contributed by atoms with Gasteiger partial charge < -0.3 is 9.84 Å². The molecule has 2 aliphatic rings. The van der Waals surface area contributed by atoms with Gasteiger partial charge in [-0.2, -0.15) is 0 Å². The third kappa shape index (κ3) is 3.53. The van der Waals surface area contributed by atoms with Gasteiger partial charge in [0.15, 0.2) is 0 Å². The lowest BCUT2D eigenvalue weighted by atomic mass is 9.74. The summed E-state index contributed by atoms with van der Waals surface area (Å²) in [6, 6.07) is 16.8. The maximum absolute atomic E-state index is 11.6. The van der Waals surface area contributed by atoms with Crippen molar-refractivity contribution in [3.05, 3.63) is 65.2 Å². The van der Waals surface area contributed by atoms with Crippen molar-refractivity contribution in [2.75, 3.05) is 13.1 Å². The number of carboxylic acids is 1. The number of fused-ring (bicyclic) bond motifs is 1. The molecule has 2 unspecified atom stereocenters. The topological polar surface area (TPSA) is 49.8 Å². The Morgan fingerprint density at radius 2 is 1.86 bits per heavy atom. The van der Waals surface area contributed by atoms with Gasteiger partial charge in [-0.05, 0) is 44.2 Å². The fraction of sp³-hybridized carbons (Fsp3) is 0.458. The molecule has 0 saturated carbocycles. The third-order valence-electron chi connectivity index (χ3n) is 6.50. The fourth-order valence-electron chi connectivity index (χ4n) is 4.85. The Morgan fingerprint density at radius 3 is 2.50 bits per heavy atom. The van der Waals surface area contributed by atoms with E-state index in [0.29, 0.717) is 12.3 Å². The number of aryl methyl sites for hydroxylation is 1. The van der Waals surface area contributed by atoms with Crippen LogP contribution in [0.15, 0.2) is 48.5 Å². The van der Waals surface area contributed by atoms with Crippen molar-refractivity contribution < 1.29 is 14.6 Å². The number of piperidine rings is 1. The Kier molecular flexibility index (Phi) is 5.15. The summed E-state index contributed by atoms with van der Waals surface area (Å²) < 4.78 is 6.58. The lowest BCUT2D eigenvalue weighted by Crippen LogP contribution is -2.54. The third-order valence-corrected chi connectivity index (χ3v) is 6.50. The van der Waals surface area contributed by atoms with Crippen molar-refractivity contribution in [1.29, 1.82) is 0 Å². The summed E-state index contributed by atoms with van der Waals surface area (Å²) >= 11 is 0. The fourth-order valence-corrected chi connectivity index (χ4v) is 4.85. The summed E-state index contributed by atoms with van der Waals surface area (Å²) in [5.41, 5.74) is 3.65. The van der Waals surface area contributed by atoms with Crippen LogP contribution < -0.4 is 4.74 Å². The van der Waals surface area contributed by atoms with E-state index in [-0.39, 0.29) is 11.6 Å². The minimum absolute atomic E-state index is 0.211. The van der Waals surface area contributed by atoms with Crippen molar-refractivity contribution in [3.63, 3.8) is 0 Å². The molecule has 28 heavy (non-hydrogen) atoms. The van der Waals surface area contributed by atoms with E-state index in [1.807, 2.05) is 13.0 Å². The first-order valence-corrected chi connectivity index (χ1v) is 10.3. The average molecular weight is 380 g/mol. The minimum atomic E-state index is -0.717. The molecule has 2 aromatic rings. The molecular formula is C24H29NO3. The van der Waals surface area contributed by atoms with Crippen LogP contribution >= 0.6 is 0 Å². The van der Waals surface area contributed by atoms with Crippen LogP contribution in [0.3, 0.4) is 0 Å². The van der Waals surface area contributed by atoms with Gasteiger partial charge in [0.25, 0.3) is 0 Å². The zero-order valence-electron chi connectivity index (χ0n) is 16.7. The van der Waals surface area contributed by atoms with Gasteiger partial charge in [-0.3, -0.25) is 9.69 Å². The van der Waals surface area contributed by atoms with Crippen molar-refractivity contribution in [2.24, 2.45) is 0 Å². The number of ether oxygens (including phenoxy) is 1. The van der Waals surface area contributed by atoms with Crippen molar-refractivity contribution in [2.45, 2.75) is 57.1 Å². The van der Waals surface area contributed by atoms with E-state index in [1.165, 1.54) is 16.7 Å².